The molecular formula is C17H16N2OS. The van der Waals surface area contributed by atoms with Crippen molar-refractivity contribution in [1.82, 2.24) is 10.2 Å². The molecule has 1 aromatic heterocycles. The minimum Gasteiger partial charge on any atom is -0.390 e. The van der Waals surface area contributed by atoms with Gasteiger partial charge in [0.2, 0.25) is 0 Å². The Kier molecular flexibility index (Phi) is 4.08. The van der Waals surface area contributed by atoms with Crippen molar-refractivity contribution in [3.05, 3.63) is 60.3 Å². The molecule has 3 nitrogen and oxygen atoms in total. The van der Waals surface area contributed by atoms with Gasteiger partial charge in [-0.05, 0) is 35.6 Å². The van der Waals surface area contributed by atoms with Crippen LogP contribution in [0, 0.1) is 0 Å². The number of rotatable bonds is 4. The molecule has 0 aliphatic heterocycles. The third kappa shape index (κ3) is 2.86. The van der Waals surface area contributed by atoms with Crippen LogP contribution in [0.15, 0.2) is 59.5 Å². The van der Waals surface area contributed by atoms with E-state index >= 15 is 0 Å². The van der Waals surface area contributed by atoms with E-state index in [4.69, 9.17) is 5.11 Å². The standard InChI is InChI=1S/C17H16N2OS/c1-21-14-8-6-12(7-9-14)15-4-2-3-5-16(15)17-10-13(11-20)18-19-17/h2-10,20H,11H2,1H3,(H,18,19). The van der Waals surface area contributed by atoms with Crippen LogP contribution in [0.1, 0.15) is 5.69 Å². The molecule has 0 spiro atoms. The summed E-state index contributed by atoms with van der Waals surface area (Å²) in [7, 11) is 0. The lowest BCUT2D eigenvalue weighted by atomic mass is 9.98. The Bertz CT molecular complexity index is 735. The van der Waals surface area contributed by atoms with Gasteiger partial charge >= 0.3 is 0 Å². The molecule has 0 radical (unpaired) electrons. The van der Waals surface area contributed by atoms with Crippen molar-refractivity contribution in [3.63, 3.8) is 0 Å². The maximum atomic E-state index is 9.17. The van der Waals surface area contributed by atoms with Gasteiger partial charge in [-0.25, -0.2) is 0 Å². The van der Waals surface area contributed by atoms with Gasteiger partial charge in [-0.15, -0.1) is 11.8 Å². The number of aromatic nitrogens is 2. The molecule has 0 aliphatic rings. The van der Waals surface area contributed by atoms with E-state index in [-0.39, 0.29) is 6.61 Å². The number of hydrogen-bond donors (Lipinski definition) is 2. The summed E-state index contributed by atoms with van der Waals surface area (Å²) in [5.41, 5.74) is 4.93. The third-order valence-corrected chi connectivity index (χ3v) is 4.15. The SMILES string of the molecule is CSc1ccc(-c2ccccc2-c2cc(CO)[nH]n2)cc1. The molecule has 0 atom stereocenters. The number of aliphatic hydroxyl groups excluding tert-OH is 1. The van der Waals surface area contributed by atoms with E-state index in [1.54, 1.807) is 11.8 Å². The van der Waals surface area contributed by atoms with Crippen molar-refractivity contribution >= 4 is 11.8 Å². The molecule has 4 heteroatoms. The highest BCUT2D eigenvalue weighted by atomic mass is 32.2. The Morgan fingerprint density at radius 2 is 1.76 bits per heavy atom. The molecule has 1 heterocycles. The zero-order chi connectivity index (χ0) is 14.7. The van der Waals surface area contributed by atoms with Crippen LogP contribution in [-0.4, -0.2) is 21.6 Å². The van der Waals surface area contributed by atoms with Gasteiger partial charge in [-0.2, -0.15) is 5.10 Å². The van der Waals surface area contributed by atoms with Gasteiger partial charge in [0.15, 0.2) is 0 Å². The van der Waals surface area contributed by atoms with Crippen molar-refractivity contribution in [3.8, 4) is 22.4 Å². The molecule has 0 aliphatic carbocycles. The topological polar surface area (TPSA) is 48.9 Å². The molecule has 3 rings (SSSR count). The molecule has 3 aromatic rings. The van der Waals surface area contributed by atoms with Crippen LogP contribution >= 0.6 is 11.8 Å². The Balaban J connectivity index is 2.06. The summed E-state index contributed by atoms with van der Waals surface area (Å²) in [4.78, 5) is 1.25. The molecule has 0 saturated carbocycles. The maximum Gasteiger partial charge on any atom is 0.0930 e. The third-order valence-electron chi connectivity index (χ3n) is 3.41. The molecule has 0 fully saturated rings. The summed E-state index contributed by atoms with van der Waals surface area (Å²) < 4.78 is 0. The zero-order valence-corrected chi connectivity index (χ0v) is 12.5. The Morgan fingerprint density at radius 1 is 1.05 bits per heavy atom. The molecule has 106 valence electrons. The van der Waals surface area contributed by atoms with E-state index < -0.39 is 0 Å². The van der Waals surface area contributed by atoms with E-state index in [0.29, 0.717) is 0 Å². The summed E-state index contributed by atoms with van der Waals surface area (Å²) >= 11 is 1.73. The van der Waals surface area contributed by atoms with Crippen LogP contribution < -0.4 is 0 Å². The lowest BCUT2D eigenvalue weighted by Crippen LogP contribution is -1.85. The second-order valence-electron chi connectivity index (χ2n) is 4.71. The quantitative estimate of drug-likeness (QED) is 0.716. The van der Waals surface area contributed by atoms with Crippen LogP contribution in [0.2, 0.25) is 0 Å². The Labute approximate surface area is 128 Å². The Hall–Kier alpha value is -2.04. The first-order valence-electron chi connectivity index (χ1n) is 6.71. The number of nitrogens with one attached hydrogen (secondary N) is 1. The van der Waals surface area contributed by atoms with Crippen molar-refractivity contribution < 1.29 is 5.11 Å². The normalized spacial score (nSPS) is 10.8. The van der Waals surface area contributed by atoms with Crippen LogP contribution in [0.3, 0.4) is 0 Å². The fourth-order valence-electron chi connectivity index (χ4n) is 2.31. The number of aromatic amines is 1. The summed E-state index contributed by atoms with van der Waals surface area (Å²) in [6.45, 7) is -0.0302. The van der Waals surface area contributed by atoms with Gasteiger partial charge in [0.1, 0.15) is 0 Å². The van der Waals surface area contributed by atoms with Gasteiger partial charge in [-0.1, -0.05) is 36.4 Å². The predicted octanol–water partition coefficient (Wildman–Crippen LogP) is 3.96. The first kappa shape index (κ1) is 13.9. The highest BCUT2D eigenvalue weighted by molar-refractivity contribution is 7.98. The lowest BCUT2D eigenvalue weighted by molar-refractivity contribution is 0.276. The van der Waals surface area contributed by atoms with Gasteiger partial charge in [0, 0.05) is 10.5 Å². The summed E-state index contributed by atoms with van der Waals surface area (Å²) in [6, 6.07) is 18.6. The number of hydrogen-bond acceptors (Lipinski definition) is 3. The minimum atomic E-state index is -0.0302. The van der Waals surface area contributed by atoms with Crippen molar-refractivity contribution in [1.29, 1.82) is 0 Å². The monoisotopic (exact) mass is 296 g/mol. The second-order valence-corrected chi connectivity index (χ2v) is 5.59. The Morgan fingerprint density at radius 3 is 2.38 bits per heavy atom. The first-order valence-corrected chi connectivity index (χ1v) is 7.93. The minimum absolute atomic E-state index is 0.0302. The summed E-state index contributed by atoms with van der Waals surface area (Å²) in [5, 5.41) is 16.3. The van der Waals surface area contributed by atoms with E-state index in [1.165, 1.54) is 4.90 Å². The molecule has 2 N–H and O–H groups in total. The zero-order valence-electron chi connectivity index (χ0n) is 11.7. The maximum absolute atomic E-state index is 9.17. The van der Waals surface area contributed by atoms with E-state index in [1.807, 2.05) is 18.2 Å². The van der Waals surface area contributed by atoms with E-state index in [0.717, 1.165) is 28.1 Å². The molecule has 2 aromatic carbocycles. The van der Waals surface area contributed by atoms with Crippen LogP contribution in [0.4, 0.5) is 0 Å². The molecule has 21 heavy (non-hydrogen) atoms. The van der Waals surface area contributed by atoms with E-state index in [2.05, 4.69) is 52.9 Å². The average Bonchev–Trinajstić information content (AvgIpc) is 3.04. The fraction of sp³-hybridized carbons (Fsp3) is 0.118. The molecule has 0 unspecified atom stereocenters. The molecular weight excluding hydrogens is 280 g/mol. The highest BCUT2D eigenvalue weighted by Gasteiger charge is 2.10. The van der Waals surface area contributed by atoms with E-state index in [9.17, 15) is 0 Å². The highest BCUT2D eigenvalue weighted by Crippen LogP contribution is 2.32. The first-order chi connectivity index (χ1) is 10.3. The number of nitrogens with zero attached hydrogens (tertiary/aromatic N) is 1. The summed E-state index contributed by atoms with van der Waals surface area (Å²) in [5.74, 6) is 0. The smallest absolute Gasteiger partial charge is 0.0930 e. The van der Waals surface area contributed by atoms with Gasteiger partial charge in [-0.3, -0.25) is 5.10 Å². The number of benzene rings is 2. The van der Waals surface area contributed by atoms with Crippen LogP contribution in [0.5, 0.6) is 0 Å². The second kappa shape index (κ2) is 6.16. The van der Waals surface area contributed by atoms with Crippen LogP contribution in [0.25, 0.3) is 22.4 Å². The van der Waals surface area contributed by atoms with Gasteiger partial charge < -0.3 is 5.11 Å². The molecule has 0 amide bonds. The van der Waals surface area contributed by atoms with Gasteiger partial charge in [0.05, 0.1) is 18.0 Å². The van der Waals surface area contributed by atoms with Crippen molar-refractivity contribution in [2.24, 2.45) is 0 Å². The molecule has 0 saturated heterocycles. The lowest BCUT2D eigenvalue weighted by Gasteiger charge is -2.08. The number of H-pyrrole nitrogens is 1. The van der Waals surface area contributed by atoms with Crippen molar-refractivity contribution in [2.45, 2.75) is 11.5 Å². The van der Waals surface area contributed by atoms with Crippen molar-refractivity contribution in [2.75, 3.05) is 6.26 Å². The average molecular weight is 296 g/mol. The fourth-order valence-corrected chi connectivity index (χ4v) is 2.72. The number of thioether (sulfide) groups is 1. The van der Waals surface area contributed by atoms with Crippen LogP contribution in [-0.2, 0) is 6.61 Å². The molecule has 0 bridgehead atoms. The van der Waals surface area contributed by atoms with Gasteiger partial charge in [0.25, 0.3) is 0 Å². The predicted molar refractivity (Wildman–Crippen MR) is 87.2 cm³/mol. The number of aliphatic hydroxyl groups is 1. The largest absolute Gasteiger partial charge is 0.390 e. The summed E-state index contributed by atoms with van der Waals surface area (Å²) in [6.07, 6.45) is 2.07.